The number of hydrogen-bond donors (Lipinski definition) is 0. The fourth-order valence-corrected chi connectivity index (χ4v) is 5.12. The van der Waals surface area contributed by atoms with Crippen LogP contribution in [0.15, 0.2) is 48.5 Å². The summed E-state index contributed by atoms with van der Waals surface area (Å²) in [7, 11) is 6.69. The van der Waals surface area contributed by atoms with Crippen molar-refractivity contribution in [2.24, 2.45) is 0 Å². The molecule has 0 spiro atoms. The van der Waals surface area contributed by atoms with Crippen LogP contribution in [0.4, 0.5) is 0 Å². The zero-order valence-corrected chi connectivity index (χ0v) is 14.6. The standard InChI is InChI=1S/C17H14O2S3/c1-18-13-7-3-11(4-8-13)15-16(21-22-17(15)20)12-5-9-14(19-2)10-6-12/h3-10H,1-2H3. The largest absolute Gasteiger partial charge is 0.497 e. The van der Waals surface area contributed by atoms with E-state index in [9.17, 15) is 0 Å². The smallest absolute Gasteiger partial charge is 0.118 e. The van der Waals surface area contributed by atoms with E-state index >= 15 is 0 Å². The van der Waals surface area contributed by atoms with Gasteiger partial charge in [-0.05, 0) is 47.5 Å². The van der Waals surface area contributed by atoms with Crippen LogP contribution in [0.1, 0.15) is 0 Å². The van der Waals surface area contributed by atoms with Gasteiger partial charge in [0.25, 0.3) is 0 Å². The van der Waals surface area contributed by atoms with Gasteiger partial charge in [-0.3, -0.25) is 0 Å². The molecule has 0 saturated carbocycles. The van der Waals surface area contributed by atoms with Crippen LogP contribution in [-0.4, -0.2) is 14.2 Å². The van der Waals surface area contributed by atoms with Gasteiger partial charge < -0.3 is 9.47 Å². The number of rotatable bonds is 4. The quantitative estimate of drug-likeness (QED) is 0.433. The van der Waals surface area contributed by atoms with Crippen molar-refractivity contribution in [3.05, 3.63) is 52.4 Å². The Bertz CT molecular complexity index is 814. The Kier molecular flexibility index (Phi) is 4.57. The lowest BCUT2D eigenvalue weighted by atomic mass is 10.0. The van der Waals surface area contributed by atoms with Gasteiger partial charge in [-0.2, -0.15) is 0 Å². The van der Waals surface area contributed by atoms with Crippen molar-refractivity contribution in [1.29, 1.82) is 0 Å². The van der Waals surface area contributed by atoms with E-state index in [0.717, 1.165) is 32.0 Å². The molecule has 2 nitrogen and oxygen atoms in total. The van der Waals surface area contributed by atoms with E-state index in [1.54, 1.807) is 34.9 Å². The highest BCUT2D eigenvalue weighted by Crippen LogP contribution is 2.41. The Morgan fingerprint density at radius 2 is 1.23 bits per heavy atom. The van der Waals surface area contributed by atoms with Crippen LogP contribution in [0.25, 0.3) is 21.6 Å². The van der Waals surface area contributed by atoms with Gasteiger partial charge in [0.15, 0.2) is 0 Å². The van der Waals surface area contributed by atoms with Crippen LogP contribution < -0.4 is 9.47 Å². The van der Waals surface area contributed by atoms with Crippen molar-refractivity contribution in [3.63, 3.8) is 0 Å². The number of methoxy groups -OCH3 is 2. The Morgan fingerprint density at radius 3 is 1.73 bits per heavy atom. The van der Waals surface area contributed by atoms with Crippen LogP contribution in [0.5, 0.6) is 11.5 Å². The second-order valence-electron chi connectivity index (χ2n) is 4.62. The molecule has 3 aromatic rings. The van der Waals surface area contributed by atoms with E-state index in [1.165, 1.54) is 4.88 Å². The molecule has 0 radical (unpaired) electrons. The first-order chi connectivity index (χ1) is 10.7. The summed E-state index contributed by atoms with van der Waals surface area (Å²) in [6, 6.07) is 16.1. The second-order valence-corrected chi connectivity index (χ2v) is 7.43. The molecule has 1 heterocycles. The lowest BCUT2D eigenvalue weighted by Gasteiger charge is -2.06. The van der Waals surface area contributed by atoms with Crippen LogP contribution in [-0.2, 0) is 0 Å². The third kappa shape index (κ3) is 2.92. The summed E-state index contributed by atoms with van der Waals surface area (Å²) in [5.41, 5.74) is 3.40. The summed E-state index contributed by atoms with van der Waals surface area (Å²) in [4.78, 5) is 1.20. The fraction of sp³-hybridized carbons (Fsp3) is 0.118. The third-order valence-corrected chi connectivity index (χ3v) is 6.43. The molecule has 2 aromatic carbocycles. The van der Waals surface area contributed by atoms with Crippen molar-refractivity contribution in [2.75, 3.05) is 14.2 Å². The van der Waals surface area contributed by atoms with E-state index in [2.05, 4.69) is 24.3 Å². The maximum absolute atomic E-state index is 5.54. The highest BCUT2D eigenvalue weighted by Gasteiger charge is 2.13. The summed E-state index contributed by atoms with van der Waals surface area (Å²) in [5.74, 6) is 1.70. The second kappa shape index (κ2) is 6.60. The molecule has 3 rings (SSSR count). The predicted octanol–water partition coefficient (Wildman–Crippen LogP) is 5.89. The van der Waals surface area contributed by atoms with Crippen molar-refractivity contribution in [2.45, 2.75) is 0 Å². The van der Waals surface area contributed by atoms with Gasteiger partial charge in [0, 0.05) is 5.56 Å². The third-order valence-electron chi connectivity index (χ3n) is 3.36. The first-order valence-electron chi connectivity index (χ1n) is 6.65. The van der Waals surface area contributed by atoms with Gasteiger partial charge in [0.1, 0.15) is 15.3 Å². The summed E-state index contributed by atoms with van der Waals surface area (Å²) >= 11 is 5.54. The summed E-state index contributed by atoms with van der Waals surface area (Å²) in [5, 5.41) is 0. The van der Waals surface area contributed by atoms with E-state index in [4.69, 9.17) is 21.7 Å². The van der Waals surface area contributed by atoms with Gasteiger partial charge in [-0.1, -0.05) is 45.0 Å². The minimum absolute atomic E-state index is 0.847. The summed E-state index contributed by atoms with van der Waals surface area (Å²) in [6.07, 6.45) is 0. The minimum atomic E-state index is 0.847. The maximum Gasteiger partial charge on any atom is 0.118 e. The first-order valence-corrected chi connectivity index (χ1v) is 9.20. The zero-order chi connectivity index (χ0) is 15.5. The highest BCUT2D eigenvalue weighted by molar-refractivity contribution is 7.80. The Balaban J connectivity index is 2.08. The van der Waals surface area contributed by atoms with Crippen molar-refractivity contribution >= 4 is 32.9 Å². The lowest BCUT2D eigenvalue weighted by molar-refractivity contribution is 0.414. The molecule has 0 fully saturated rings. The Hall–Kier alpha value is -1.69. The molecule has 0 aliphatic heterocycles. The maximum atomic E-state index is 5.54. The monoisotopic (exact) mass is 346 g/mol. The molecule has 0 N–H and O–H groups in total. The van der Waals surface area contributed by atoms with Gasteiger partial charge in [0.05, 0.1) is 19.1 Å². The predicted molar refractivity (Wildman–Crippen MR) is 97.0 cm³/mol. The molecule has 0 amide bonds. The molecule has 0 atom stereocenters. The van der Waals surface area contributed by atoms with Gasteiger partial charge in [-0.25, -0.2) is 0 Å². The number of benzene rings is 2. The topological polar surface area (TPSA) is 18.5 Å². The van der Waals surface area contributed by atoms with Gasteiger partial charge in [0.2, 0.25) is 0 Å². The molecular formula is C17H14O2S3. The van der Waals surface area contributed by atoms with Gasteiger partial charge >= 0.3 is 0 Å². The van der Waals surface area contributed by atoms with Crippen molar-refractivity contribution < 1.29 is 9.47 Å². The summed E-state index contributed by atoms with van der Waals surface area (Å²) in [6.45, 7) is 0. The molecule has 0 saturated heterocycles. The molecule has 0 bridgehead atoms. The lowest BCUT2D eigenvalue weighted by Crippen LogP contribution is -1.85. The average molecular weight is 346 g/mol. The minimum Gasteiger partial charge on any atom is -0.497 e. The molecule has 5 heteroatoms. The van der Waals surface area contributed by atoms with Crippen molar-refractivity contribution in [1.82, 2.24) is 0 Å². The average Bonchev–Trinajstić information content (AvgIpc) is 2.96. The van der Waals surface area contributed by atoms with Crippen molar-refractivity contribution in [3.8, 4) is 33.1 Å². The molecular weight excluding hydrogens is 332 g/mol. The van der Waals surface area contributed by atoms with E-state index in [-0.39, 0.29) is 0 Å². The van der Waals surface area contributed by atoms with E-state index < -0.39 is 0 Å². The molecule has 0 aliphatic rings. The van der Waals surface area contributed by atoms with Crippen LogP contribution in [0.3, 0.4) is 0 Å². The molecule has 112 valence electrons. The molecule has 0 aliphatic carbocycles. The fourth-order valence-electron chi connectivity index (χ4n) is 2.20. The molecule has 22 heavy (non-hydrogen) atoms. The number of hydrogen-bond acceptors (Lipinski definition) is 5. The SMILES string of the molecule is COc1ccc(-c2ssc(=S)c2-c2ccc(OC)cc2)cc1. The van der Waals surface area contributed by atoms with E-state index in [0.29, 0.717) is 0 Å². The van der Waals surface area contributed by atoms with Crippen LogP contribution >= 0.6 is 32.9 Å². The number of ether oxygens (including phenoxy) is 2. The summed E-state index contributed by atoms with van der Waals surface area (Å²) < 4.78 is 11.4. The molecule has 1 aromatic heterocycles. The van der Waals surface area contributed by atoms with E-state index in [1.807, 2.05) is 24.3 Å². The van der Waals surface area contributed by atoms with Gasteiger partial charge in [-0.15, -0.1) is 0 Å². The normalized spacial score (nSPS) is 10.5. The first kappa shape index (κ1) is 15.2. The Labute approximate surface area is 142 Å². The van der Waals surface area contributed by atoms with Crippen LogP contribution in [0, 0.1) is 3.82 Å². The Morgan fingerprint density at radius 1 is 0.727 bits per heavy atom. The van der Waals surface area contributed by atoms with Crippen LogP contribution in [0.2, 0.25) is 0 Å². The molecule has 0 unspecified atom stereocenters. The highest BCUT2D eigenvalue weighted by atomic mass is 32.9. The zero-order valence-electron chi connectivity index (χ0n) is 12.2.